The molecule has 1 heterocycles. The second-order valence-electron chi connectivity index (χ2n) is 7.60. The van der Waals surface area contributed by atoms with E-state index in [1.54, 1.807) is 0 Å². The summed E-state index contributed by atoms with van der Waals surface area (Å²) in [4.78, 5) is 14.6. The first-order valence-electron chi connectivity index (χ1n) is 9.68. The molecule has 1 aromatic rings. The average molecular weight is 345 g/mol. The third-order valence-electron chi connectivity index (χ3n) is 5.40. The molecule has 1 saturated heterocycles. The zero-order chi connectivity index (χ0) is 17.5. The number of carbonyl (C=O) groups is 1. The quantitative estimate of drug-likeness (QED) is 0.768. The fourth-order valence-corrected chi connectivity index (χ4v) is 4.08. The number of hydrogen-bond acceptors (Lipinski definition) is 3. The third-order valence-corrected chi connectivity index (χ3v) is 5.40. The van der Waals surface area contributed by atoms with E-state index in [4.69, 9.17) is 0 Å². The summed E-state index contributed by atoms with van der Waals surface area (Å²) in [6.07, 6.45) is 5.86. The molecule has 3 rings (SSSR count). The van der Waals surface area contributed by atoms with Crippen LogP contribution in [-0.4, -0.2) is 47.8 Å². The van der Waals surface area contributed by atoms with Gasteiger partial charge >= 0.3 is 6.03 Å². The molecule has 5 heteroatoms. The van der Waals surface area contributed by atoms with Gasteiger partial charge in [-0.15, -0.1) is 0 Å². The molecule has 2 fully saturated rings. The largest absolute Gasteiger partial charge is 0.393 e. The summed E-state index contributed by atoms with van der Waals surface area (Å²) in [6, 6.07) is 10.7. The van der Waals surface area contributed by atoms with Crippen molar-refractivity contribution in [2.24, 2.45) is 5.92 Å². The summed E-state index contributed by atoms with van der Waals surface area (Å²) in [7, 11) is 0. The Morgan fingerprint density at radius 1 is 1.16 bits per heavy atom. The highest BCUT2D eigenvalue weighted by Gasteiger charge is 2.23. The summed E-state index contributed by atoms with van der Waals surface area (Å²) < 4.78 is 0. The Bertz CT molecular complexity index is 537. The molecule has 2 amide bonds. The lowest BCUT2D eigenvalue weighted by molar-refractivity contribution is 0.101. The monoisotopic (exact) mass is 345 g/mol. The number of hydrogen-bond donors (Lipinski definition) is 3. The van der Waals surface area contributed by atoms with Crippen molar-refractivity contribution < 1.29 is 9.90 Å². The van der Waals surface area contributed by atoms with E-state index < -0.39 is 0 Å². The van der Waals surface area contributed by atoms with Crippen LogP contribution in [0.2, 0.25) is 0 Å². The van der Waals surface area contributed by atoms with Gasteiger partial charge in [0.25, 0.3) is 0 Å². The van der Waals surface area contributed by atoms with E-state index in [0.717, 1.165) is 58.2 Å². The number of nitrogens with one attached hydrogen (secondary N) is 2. The first kappa shape index (κ1) is 18.2. The number of aliphatic hydroxyl groups is 1. The minimum Gasteiger partial charge on any atom is -0.393 e. The lowest BCUT2D eigenvalue weighted by Crippen LogP contribution is -2.51. The second kappa shape index (κ2) is 9.20. The Balaban J connectivity index is 1.39. The molecule has 138 valence electrons. The number of urea groups is 1. The Hall–Kier alpha value is -1.59. The van der Waals surface area contributed by atoms with Gasteiger partial charge in [-0.3, -0.25) is 4.90 Å². The van der Waals surface area contributed by atoms with Crippen molar-refractivity contribution in [3.05, 3.63) is 35.9 Å². The summed E-state index contributed by atoms with van der Waals surface area (Å²) in [5.41, 5.74) is 1.32. The fourth-order valence-electron chi connectivity index (χ4n) is 4.08. The predicted molar refractivity (Wildman–Crippen MR) is 99.2 cm³/mol. The van der Waals surface area contributed by atoms with Crippen molar-refractivity contribution in [2.45, 2.75) is 57.2 Å². The molecule has 3 N–H and O–H groups in total. The van der Waals surface area contributed by atoms with E-state index >= 15 is 0 Å². The van der Waals surface area contributed by atoms with Crippen molar-refractivity contribution in [3.63, 3.8) is 0 Å². The number of amides is 2. The molecule has 2 aliphatic rings. The lowest BCUT2D eigenvalue weighted by atomic mass is 9.87. The summed E-state index contributed by atoms with van der Waals surface area (Å²) in [5, 5.41) is 15.9. The van der Waals surface area contributed by atoms with Crippen molar-refractivity contribution in [1.82, 2.24) is 15.5 Å². The summed E-state index contributed by atoms with van der Waals surface area (Å²) >= 11 is 0. The molecule has 1 saturated carbocycles. The Morgan fingerprint density at radius 3 is 2.80 bits per heavy atom. The zero-order valence-corrected chi connectivity index (χ0v) is 15.0. The van der Waals surface area contributed by atoms with Crippen LogP contribution in [0.25, 0.3) is 0 Å². The van der Waals surface area contributed by atoms with E-state index in [9.17, 15) is 9.90 Å². The minimum atomic E-state index is -0.187. The van der Waals surface area contributed by atoms with Gasteiger partial charge in [-0.2, -0.15) is 0 Å². The van der Waals surface area contributed by atoms with Gasteiger partial charge in [-0.25, -0.2) is 4.79 Å². The standard InChI is InChI=1S/C20H31N3O2/c24-19-10-4-8-17(12-19)13-21-20(25)22-18-9-5-11-23(15-18)14-16-6-2-1-3-7-16/h1-3,6-7,17-19,24H,4-5,8-15H2,(H2,21,22,25). The smallest absolute Gasteiger partial charge is 0.315 e. The number of benzene rings is 1. The van der Waals surface area contributed by atoms with Crippen LogP contribution in [-0.2, 0) is 6.54 Å². The Kier molecular flexibility index (Phi) is 6.70. The normalized spacial score (nSPS) is 27.6. The first-order chi connectivity index (χ1) is 12.2. The maximum absolute atomic E-state index is 12.2. The number of rotatable bonds is 5. The summed E-state index contributed by atoms with van der Waals surface area (Å²) in [6.45, 7) is 3.61. The highest BCUT2D eigenvalue weighted by atomic mass is 16.3. The average Bonchev–Trinajstić information content (AvgIpc) is 2.61. The molecule has 25 heavy (non-hydrogen) atoms. The predicted octanol–water partition coefficient (Wildman–Crippen LogP) is 2.50. The zero-order valence-electron chi connectivity index (χ0n) is 15.0. The molecular weight excluding hydrogens is 314 g/mol. The molecule has 0 bridgehead atoms. The van der Waals surface area contributed by atoms with Crippen molar-refractivity contribution in [1.29, 1.82) is 0 Å². The van der Waals surface area contributed by atoms with E-state index in [1.807, 2.05) is 6.07 Å². The van der Waals surface area contributed by atoms with Gasteiger partial charge in [-0.05, 0) is 50.1 Å². The molecule has 1 aromatic carbocycles. The summed E-state index contributed by atoms with van der Waals surface area (Å²) in [5.74, 6) is 0.412. The fraction of sp³-hybridized carbons (Fsp3) is 0.650. The van der Waals surface area contributed by atoms with Crippen LogP contribution in [0.4, 0.5) is 4.79 Å². The van der Waals surface area contributed by atoms with Crippen molar-refractivity contribution >= 4 is 6.03 Å². The van der Waals surface area contributed by atoms with E-state index in [1.165, 1.54) is 5.56 Å². The molecule has 3 unspecified atom stereocenters. The highest BCUT2D eigenvalue weighted by molar-refractivity contribution is 5.74. The van der Waals surface area contributed by atoms with Gasteiger partial charge in [0.05, 0.1) is 6.10 Å². The van der Waals surface area contributed by atoms with Crippen LogP contribution in [0.5, 0.6) is 0 Å². The van der Waals surface area contributed by atoms with Crippen LogP contribution in [0.3, 0.4) is 0 Å². The Morgan fingerprint density at radius 2 is 2.00 bits per heavy atom. The number of carbonyl (C=O) groups excluding carboxylic acids is 1. The molecule has 0 aromatic heterocycles. The van der Waals surface area contributed by atoms with Crippen LogP contribution >= 0.6 is 0 Å². The maximum atomic E-state index is 12.2. The molecule has 1 aliphatic heterocycles. The maximum Gasteiger partial charge on any atom is 0.315 e. The van der Waals surface area contributed by atoms with Gasteiger partial charge in [0, 0.05) is 25.7 Å². The molecule has 0 spiro atoms. The number of piperidine rings is 1. The molecule has 0 radical (unpaired) electrons. The number of aliphatic hydroxyl groups excluding tert-OH is 1. The Labute approximate surface area is 150 Å². The van der Waals surface area contributed by atoms with Crippen LogP contribution < -0.4 is 10.6 Å². The van der Waals surface area contributed by atoms with E-state index in [2.05, 4.69) is 39.8 Å². The number of nitrogens with zero attached hydrogens (tertiary/aromatic N) is 1. The van der Waals surface area contributed by atoms with Crippen molar-refractivity contribution in [2.75, 3.05) is 19.6 Å². The van der Waals surface area contributed by atoms with Gasteiger partial charge in [-0.1, -0.05) is 36.8 Å². The van der Waals surface area contributed by atoms with Crippen LogP contribution in [0.15, 0.2) is 30.3 Å². The SMILES string of the molecule is O=C(NCC1CCCC(O)C1)NC1CCCN(Cc2ccccc2)C1. The molecule has 5 nitrogen and oxygen atoms in total. The van der Waals surface area contributed by atoms with E-state index in [0.29, 0.717) is 12.5 Å². The van der Waals surface area contributed by atoms with Crippen LogP contribution in [0.1, 0.15) is 44.1 Å². The van der Waals surface area contributed by atoms with Crippen molar-refractivity contribution in [3.8, 4) is 0 Å². The third kappa shape index (κ3) is 6.01. The lowest BCUT2D eigenvalue weighted by Gasteiger charge is -2.33. The van der Waals surface area contributed by atoms with Crippen LogP contribution in [0, 0.1) is 5.92 Å². The molecule has 1 aliphatic carbocycles. The van der Waals surface area contributed by atoms with Gasteiger partial charge in [0.1, 0.15) is 0 Å². The topological polar surface area (TPSA) is 64.6 Å². The molecular formula is C20H31N3O2. The highest BCUT2D eigenvalue weighted by Crippen LogP contribution is 2.23. The van der Waals surface area contributed by atoms with Gasteiger partial charge < -0.3 is 15.7 Å². The molecule has 3 atom stereocenters. The van der Waals surface area contributed by atoms with Gasteiger partial charge in [0.2, 0.25) is 0 Å². The number of likely N-dealkylation sites (tertiary alicyclic amines) is 1. The van der Waals surface area contributed by atoms with Gasteiger partial charge in [0.15, 0.2) is 0 Å². The minimum absolute atomic E-state index is 0.0633. The first-order valence-corrected chi connectivity index (χ1v) is 9.68. The van der Waals surface area contributed by atoms with E-state index in [-0.39, 0.29) is 18.2 Å². The second-order valence-corrected chi connectivity index (χ2v) is 7.60.